The molecule has 21 heavy (non-hydrogen) atoms. The molecule has 0 aliphatic rings. The van der Waals surface area contributed by atoms with Crippen molar-refractivity contribution in [2.75, 3.05) is 0 Å². The van der Waals surface area contributed by atoms with E-state index in [-0.39, 0.29) is 0 Å². The molecular weight excluding hydrogens is 260 g/mol. The van der Waals surface area contributed by atoms with E-state index < -0.39 is 0 Å². The van der Waals surface area contributed by atoms with Crippen molar-refractivity contribution in [1.29, 1.82) is 0 Å². The first kappa shape index (κ1) is 11.5. The van der Waals surface area contributed by atoms with E-state index in [4.69, 9.17) is 13.1 Å². The van der Waals surface area contributed by atoms with Crippen LogP contribution in [0.5, 0.6) is 0 Å². The minimum atomic E-state index is 0.378. The Morgan fingerprint density at radius 1 is 0.905 bits per heavy atom. The molecule has 0 amide bonds. The predicted octanol–water partition coefficient (Wildman–Crippen LogP) is 4.74. The third-order valence-electron chi connectivity index (χ3n) is 3.69. The van der Waals surface area contributed by atoms with Gasteiger partial charge in [-0.15, -0.1) is 0 Å². The van der Waals surface area contributed by atoms with Crippen LogP contribution in [0.3, 0.4) is 0 Å². The van der Waals surface area contributed by atoms with Crippen LogP contribution in [0.4, 0.5) is 11.4 Å². The van der Waals surface area contributed by atoms with Gasteiger partial charge in [-0.3, -0.25) is 9.69 Å². The molecule has 0 fully saturated rings. The average molecular weight is 268 g/mol. The van der Waals surface area contributed by atoms with Gasteiger partial charge in [-0.05, 0) is 16.8 Å². The van der Waals surface area contributed by atoms with Crippen molar-refractivity contribution in [3.8, 4) is 0 Å². The number of hydrogen-bond donors (Lipinski definition) is 0. The summed E-state index contributed by atoms with van der Waals surface area (Å²) < 4.78 is 1.97. The lowest BCUT2D eigenvalue weighted by molar-refractivity contribution is 1.27. The molecule has 4 heteroatoms. The zero-order chi connectivity index (χ0) is 14.4. The molecule has 0 radical (unpaired) electrons. The van der Waals surface area contributed by atoms with Crippen LogP contribution >= 0.6 is 0 Å². The zero-order valence-corrected chi connectivity index (χ0v) is 10.9. The van der Waals surface area contributed by atoms with Crippen LogP contribution in [-0.4, -0.2) is 9.38 Å². The van der Waals surface area contributed by atoms with Crippen LogP contribution in [0, 0.1) is 13.1 Å². The lowest BCUT2D eigenvalue weighted by atomic mass is 10.0. The van der Waals surface area contributed by atoms with Crippen LogP contribution in [0.25, 0.3) is 37.0 Å². The van der Waals surface area contributed by atoms with Crippen molar-refractivity contribution in [3.05, 3.63) is 71.6 Å². The molecule has 2 heterocycles. The lowest BCUT2D eigenvalue weighted by Gasteiger charge is -2.09. The fraction of sp³-hybridized carbons (Fsp3) is 0. The normalized spacial score (nSPS) is 10.8. The molecule has 0 aliphatic carbocycles. The van der Waals surface area contributed by atoms with Gasteiger partial charge in [0.25, 0.3) is 0 Å². The largest absolute Gasteiger partial charge is 0.301 e. The monoisotopic (exact) mass is 268 g/mol. The van der Waals surface area contributed by atoms with E-state index in [1.807, 2.05) is 34.9 Å². The third-order valence-corrected chi connectivity index (χ3v) is 3.69. The van der Waals surface area contributed by atoms with Gasteiger partial charge in [0.05, 0.1) is 13.1 Å². The highest BCUT2D eigenvalue weighted by Crippen LogP contribution is 2.37. The van der Waals surface area contributed by atoms with Crippen molar-refractivity contribution >= 4 is 38.7 Å². The molecule has 0 saturated heterocycles. The van der Waals surface area contributed by atoms with Crippen molar-refractivity contribution in [2.45, 2.75) is 0 Å². The van der Waals surface area contributed by atoms with Gasteiger partial charge in [0.2, 0.25) is 0 Å². The van der Waals surface area contributed by atoms with E-state index in [1.165, 1.54) is 0 Å². The maximum Gasteiger partial charge on any atom is 0.196 e. The zero-order valence-electron chi connectivity index (χ0n) is 10.9. The molecular formula is C17H8N4. The van der Waals surface area contributed by atoms with Gasteiger partial charge in [-0.25, -0.2) is 4.98 Å². The van der Waals surface area contributed by atoms with Crippen LogP contribution in [0.1, 0.15) is 0 Å². The van der Waals surface area contributed by atoms with Gasteiger partial charge >= 0.3 is 0 Å². The Kier molecular flexibility index (Phi) is 2.22. The topological polar surface area (TPSA) is 26.0 Å². The van der Waals surface area contributed by atoms with Crippen molar-refractivity contribution in [1.82, 2.24) is 9.38 Å². The number of pyridine rings is 1. The predicted molar refractivity (Wildman–Crippen MR) is 82.7 cm³/mol. The molecule has 0 aliphatic heterocycles. The second kappa shape index (κ2) is 4.06. The molecule has 4 aromatic rings. The highest BCUT2D eigenvalue weighted by atomic mass is 15.0. The van der Waals surface area contributed by atoms with E-state index in [2.05, 4.69) is 14.7 Å². The van der Waals surface area contributed by atoms with Crippen molar-refractivity contribution in [3.63, 3.8) is 0 Å². The number of benzene rings is 2. The first-order valence-electron chi connectivity index (χ1n) is 6.40. The maximum absolute atomic E-state index is 7.27. The summed E-state index contributed by atoms with van der Waals surface area (Å²) in [6, 6.07) is 11.6. The highest BCUT2D eigenvalue weighted by molar-refractivity contribution is 6.13. The smallest absolute Gasteiger partial charge is 0.196 e. The van der Waals surface area contributed by atoms with E-state index in [0.29, 0.717) is 11.4 Å². The number of fused-ring (bicyclic) bond motifs is 6. The lowest BCUT2D eigenvalue weighted by Crippen LogP contribution is -1.90. The summed E-state index contributed by atoms with van der Waals surface area (Å²) in [6.07, 6.45) is 3.64. The number of hydrogen-bond acceptors (Lipinski definition) is 1. The Bertz CT molecular complexity index is 1110. The fourth-order valence-electron chi connectivity index (χ4n) is 2.77. The Morgan fingerprint density at radius 3 is 2.38 bits per heavy atom. The number of rotatable bonds is 0. The summed E-state index contributed by atoms with van der Waals surface area (Å²) in [5.41, 5.74) is 2.54. The van der Waals surface area contributed by atoms with Crippen molar-refractivity contribution in [2.24, 2.45) is 0 Å². The Hall–Kier alpha value is -3.37. The molecule has 4 rings (SSSR count). The van der Waals surface area contributed by atoms with E-state index in [0.717, 1.165) is 27.3 Å². The molecule has 96 valence electrons. The summed E-state index contributed by atoms with van der Waals surface area (Å²) in [6.45, 7) is 14.5. The number of aromatic nitrogens is 2. The second-order valence-corrected chi connectivity index (χ2v) is 4.75. The van der Waals surface area contributed by atoms with Crippen LogP contribution in [0.2, 0.25) is 0 Å². The summed E-state index contributed by atoms with van der Waals surface area (Å²) in [4.78, 5) is 11.4. The quantitative estimate of drug-likeness (QED) is 0.334. The van der Waals surface area contributed by atoms with Crippen LogP contribution < -0.4 is 0 Å². The van der Waals surface area contributed by atoms with Gasteiger partial charge in [0.1, 0.15) is 5.65 Å². The Balaban J connectivity index is 2.38. The van der Waals surface area contributed by atoms with Crippen LogP contribution in [0.15, 0.2) is 48.8 Å². The molecule has 0 unspecified atom stereocenters. The van der Waals surface area contributed by atoms with E-state index >= 15 is 0 Å². The molecule has 0 saturated carbocycles. The first-order valence-corrected chi connectivity index (χ1v) is 6.40. The molecule has 0 bridgehead atoms. The summed E-state index contributed by atoms with van der Waals surface area (Å²) >= 11 is 0. The average Bonchev–Trinajstić information content (AvgIpc) is 3.03. The van der Waals surface area contributed by atoms with E-state index in [9.17, 15) is 0 Å². The minimum absolute atomic E-state index is 0.378. The van der Waals surface area contributed by atoms with E-state index in [1.54, 1.807) is 18.3 Å². The number of imidazole rings is 1. The first-order chi connectivity index (χ1) is 10.3. The molecule has 2 aromatic carbocycles. The molecule has 4 nitrogen and oxygen atoms in total. The SMILES string of the molecule is [C-]#[N+]c1cc2c3ccccc3c3nccn3c2cc1[N+]#[C-]. The Labute approximate surface area is 120 Å². The highest BCUT2D eigenvalue weighted by Gasteiger charge is 2.12. The maximum atomic E-state index is 7.27. The van der Waals surface area contributed by atoms with Gasteiger partial charge in [-0.2, -0.15) is 0 Å². The summed E-state index contributed by atoms with van der Waals surface area (Å²) in [5.74, 6) is 0. The molecule has 0 atom stereocenters. The van der Waals surface area contributed by atoms with Crippen LogP contribution in [-0.2, 0) is 0 Å². The minimum Gasteiger partial charge on any atom is -0.301 e. The third kappa shape index (κ3) is 1.45. The molecule has 2 aromatic heterocycles. The molecule has 0 spiro atoms. The fourth-order valence-corrected chi connectivity index (χ4v) is 2.77. The van der Waals surface area contributed by atoms with Gasteiger partial charge in [-0.1, -0.05) is 30.3 Å². The van der Waals surface area contributed by atoms with Gasteiger partial charge in [0, 0.05) is 23.3 Å². The summed E-state index contributed by atoms with van der Waals surface area (Å²) in [5, 5.41) is 3.06. The number of nitrogens with zero attached hydrogens (tertiary/aromatic N) is 4. The molecule has 0 N–H and O–H groups in total. The standard InChI is InChI=1S/C17H8N4/c1-18-14-9-13-11-5-3-4-6-12(11)17-20-7-8-21(17)16(13)10-15(14)19-2/h3-10H. The Morgan fingerprint density at radius 2 is 1.62 bits per heavy atom. The summed E-state index contributed by atoms with van der Waals surface area (Å²) in [7, 11) is 0. The van der Waals surface area contributed by atoms with Gasteiger partial charge in [0.15, 0.2) is 11.4 Å². The second-order valence-electron chi connectivity index (χ2n) is 4.75. The van der Waals surface area contributed by atoms with Crippen molar-refractivity contribution < 1.29 is 0 Å². The van der Waals surface area contributed by atoms with Gasteiger partial charge < -0.3 is 4.40 Å².